The van der Waals surface area contributed by atoms with E-state index in [2.05, 4.69) is 5.32 Å². The molecular weight excluding hydrogens is 380 g/mol. The molecule has 0 saturated carbocycles. The van der Waals surface area contributed by atoms with E-state index in [1.54, 1.807) is 36.4 Å². The molecule has 28 heavy (non-hydrogen) atoms. The number of sulfonamides is 1. The first-order valence-corrected chi connectivity index (χ1v) is 10.6. The lowest BCUT2D eigenvalue weighted by atomic mass is 10.1. The third-order valence-corrected chi connectivity index (χ3v) is 5.29. The Kier molecular flexibility index (Phi) is 7.17. The molecule has 1 N–H and O–H groups in total. The van der Waals surface area contributed by atoms with Gasteiger partial charge in [0.25, 0.3) is 0 Å². The number of methoxy groups -OCH3 is 1. The summed E-state index contributed by atoms with van der Waals surface area (Å²) in [6.45, 7) is 2.10. The van der Waals surface area contributed by atoms with Gasteiger partial charge in [0.05, 0.1) is 30.3 Å². The van der Waals surface area contributed by atoms with Crippen molar-refractivity contribution in [2.75, 3.05) is 29.5 Å². The van der Waals surface area contributed by atoms with Crippen LogP contribution in [0.1, 0.15) is 28.8 Å². The Labute approximate surface area is 165 Å². The van der Waals surface area contributed by atoms with Crippen LogP contribution in [-0.2, 0) is 19.6 Å². The lowest BCUT2D eigenvalue weighted by Crippen LogP contribution is -2.31. The van der Waals surface area contributed by atoms with E-state index in [4.69, 9.17) is 4.74 Å². The van der Waals surface area contributed by atoms with Gasteiger partial charge in [0.15, 0.2) is 0 Å². The van der Waals surface area contributed by atoms with Gasteiger partial charge in [0.2, 0.25) is 15.9 Å². The largest absolute Gasteiger partial charge is 0.465 e. The maximum Gasteiger partial charge on any atom is 0.339 e. The summed E-state index contributed by atoms with van der Waals surface area (Å²) in [5, 5.41) is 2.68. The van der Waals surface area contributed by atoms with Crippen LogP contribution in [0.2, 0.25) is 0 Å². The molecule has 0 aromatic heterocycles. The molecule has 0 radical (unpaired) electrons. The predicted molar refractivity (Wildman–Crippen MR) is 109 cm³/mol. The van der Waals surface area contributed by atoms with Crippen molar-refractivity contribution >= 4 is 33.3 Å². The lowest BCUT2D eigenvalue weighted by molar-refractivity contribution is -0.116. The Morgan fingerprint density at radius 1 is 1.07 bits per heavy atom. The van der Waals surface area contributed by atoms with Crippen LogP contribution in [0.5, 0.6) is 0 Å². The van der Waals surface area contributed by atoms with Crippen molar-refractivity contribution < 1.29 is 22.7 Å². The third kappa shape index (κ3) is 5.82. The summed E-state index contributed by atoms with van der Waals surface area (Å²) >= 11 is 0. The summed E-state index contributed by atoms with van der Waals surface area (Å²) in [4.78, 5) is 24.0. The van der Waals surface area contributed by atoms with Crippen LogP contribution in [-0.4, -0.2) is 40.2 Å². The van der Waals surface area contributed by atoms with E-state index in [9.17, 15) is 18.0 Å². The van der Waals surface area contributed by atoms with Crippen LogP contribution in [0.3, 0.4) is 0 Å². The van der Waals surface area contributed by atoms with Gasteiger partial charge in [-0.15, -0.1) is 0 Å². The van der Waals surface area contributed by atoms with Gasteiger partial charge in [0, 0.05) is 13.0 Å². The third-order valence-electron chi connectivity index (χ3n) is 4.09. The monoisotopic (exact) mass is 404 g/mol. The van der Waals surface area contributed by atoms with Gasteiger partial charge in [-0.2, -0.15) is 0 Å². The zero-order valence-corrected chi connectivity index (χ0v) is 17.0. The normalized spacial score (nSPS) is 11.0. The summed E-state index contributed by atoms with van der Waals surface area (Å²) < 4.78 is 30.2. The highest BCUT2D eigenvalue weighted by Crippen LogP contribution is 2.20. The minimum Gasteiger partial charge on any atom is -0.465 e. The molecule has 0 aliphatic heterocycles. The maximum absolute atomic E-state index is 12.3. The number of carbonyl (C=O) groups is 2. The van der Waals surface area contributed by atoms with Crippen molar-refractivity contribution in [2.45, 2.75) is 19.8 Å². The number of aryl methyl sites for hydroxylation is 1. The number of amides is 1. The first-order chi connectivity index (χ1) is 13.2. The number of rotatable bonds is 8. The highest BCUT2D eigenvalue weighted by molar-refractivity contribution is 7.92. The van der Waals surface area contributed by atoms with Gasteiger partial charge in [0.1, 0.15) is 0 Å². The van der Waals surface area contributed by atoms with E-state index in [0.29, 0.717) is 17.8 Å². The lowest BCUT2D eigenvalue weighted by Gasteiger charge is -2.22. The second-order valence-corrected chi connectivity index (χ2v) is 8.27. The summed E-state index contributed by atoms with van der Waals surface area (Å²) in [6, 6.07) is 13.7. The standard InChI is InChI=1S/C20H24N2O5S/c1-15-10-12-16(13-11-15)22(28(3,25)26)14-6-9-19(23)21-18-8-5-4-7-17(18)20(24)27-2/h4-5,7-8,10-13H,6,9,14H2,1-3H3,(H,21,23). The number of ether oxygens (including phenoxy) is 1. The number of para-hydroxylation sites is 1. The van der Waals surface area contributed by atoms with E-state index in [1.165, 1.54) is 11.4 Å². The SMILES string of the molecule is COC(=O)c1ccccc1NC(=O)CCCN(c1ccc(C)cc1)S(C)(=O)=O. The van der Waals surface area contributed by atoms with Crippen molar-refractivity contribution in [3.8, 4) is 0 Å². The van der Waals surface area contributed by atoms with Gasteiger partial charge in [-0.3, -0.25) is 9.10 Å². The molecule has 0 saturated heterocycles. The maximum atomic E-state index is 12.3. The molecule has 7 nitrogen and oxygen atoms in total. The molecule has 0 fully saturated rings. The summed E-state index contributed by atoms with van der Waals surface area (Å²) in [7, 11) is -2.20. The van der Waals surface area contributed by atoms with Crippen molar-refractivity contribution in [2.24, 2.45) is 0 Å². The fourth-order valence-electron chi connectivity index (χ4n) is 2.67. The van der Waals surface area contributed by atoms with E-state index in [0.717, 1.165) is 11.8 Å². The first-order valence-electron chi connectivity index (χ1n) is 8.74. The smallest absolute Gasteiger partial charge is 0.339 e. The molecule has 0 unspecified atom stereocenters. The quantitative estimate of drug-likeness (QED) is 0.683. The highest BCUT2D eigenvalue weighted by Gasteiger charge is 2.18. The summed E-state index contributed by atoms with van der Waals surface area (Å²) in [6.07, 6.45) is 1.57. The minimum atomic E-state index is -3.47. The van der Waals surface area contributed by atoms with Crippen molar-refractivity contribution in [3.05, 3.63) is 59.7 Å². The van der Waals surface area contributed by atoms with Crippen molar-refractivity contribution in [1.82, 2.24) is 0 Å². The molecule has 0 spiro atoms. The molecule has 2 rings (SSSR count). The van der Waals surface area contributed by atoms with Crippen LogP contribution in [0.25, 0.3) is 0 Å². The number of nitrogens with zero attached hydrogens (tertiary/aromatic N) is 1. The first kappa shape index (κ1) is 21.4. The van der Waals surface area contributed by atoms with Crippen molar-refractivity contribution in [3.63, 3.8) is 0 Å². The molecule has 1 amide bonds. The van der Waals surface area contributed by atoms with Gasteiger partial charge in [-0.25, -0.2) is 13.2 Å². The zero-order chi connectivity index (χ0) is 20.7. The van der Waals surface area contributed by atoms with E-state index < -0.39 is 16.0 Å². The number of hydrogen-bond donors (Lipinski definition) is 1. The fourth-order valence-corrected chi connectivity index (χ4v) is 3.64. The molecule has 2 aromatic rings. The number of nitrogens with one attached hydrogen (secondary N) is 1. The molecular formula is C20H24N2O5S. The van der Waals surface area contributed by atoms with E-state index in [-0.39, 0.29) is 24.4 Å². The van der Waals surface area contributed by atoms with E-state index >= 15 is 0 Å². The predicted octanol–water partition coefficient (Wildman–Crippen LogP) is 2.97. The average molecular weight is 404 g/mol. The Hall–Kier alpha value is -2.87. The molecule has 0 aliphatic carbocycles. The minimum absolute atomic E-state index is 0.105. The molecule has 0 bridgehead atoms. The Bertz CT molecular complexity index is 939. The fraction of sp³-hybridized carbons (Fsp3) is 0.300. The van der Waals surface area contributed by atoms with Crippen LogP contribution in [0.4, 0.5) is 11.4 Å². The molecule has 0 atom stereocenters. The Balaban J connectivity index is 2.00. The molecule has 0 aliphatic rings. The number of benzene rings is 2. The van der Waals surface area contributed by atoms with Crippen LogP contribution < -0.4 is 9.62 Å². The van der Waals surface area contributed by atoms with Gasteiger partial charge in [-0.05, 0) is 37.6 Å². The van der Waals surface area contributed by atoms with Gasteiger partial charge >= 0.3 is 5.97 Å². The second kappa shape index (κ2) is 9.36. The topological polar surface area (TPSA) is 92.8 Å². The van der Waals surface area contributed by atoms with Gasteiger partial charge < -0.3 is 10.1 Å². The Morgan fingerprint density at radius 2 is 1.71 bits per heavy atom. The molecule has 8 heteroatoms. The number of hydrogen-bond acceptors (Lipinski definition) is 5. The highest BCUT2D eigenvalue weighted by atomic mass is 32.2. The number of carbonyl (C=O) groups excluding carboxylic acids is 2. The van der Waals surface area contributed by atoms with Crippen LogP contribution in [0.15, 0.2) is 48.5 Å². The number of esters is 1. The van der Waals surface area contributed by atoms with Crippen molar-refractivity contribution in [1.29, 1.82) is 0 Å². The molecule has 150 valence electrons. The molecule has 2 aromatic carbocycles. The number of anilines is 2. The summed E-state index contributed by atoms with van der Waals surface area (Å²) in [5.41, 5.74) is 2.21. The average Bonchev–Trinajstić information content (AvgIpc) is 2.65. The molecule has 0 heterocycles. The van der Waals surface area contributed by atoms with E-state index in [1.807, 2.05) is 19.1 Å². The van der Waals surface area contributed by atoms with Gasteiger partial charge in [-0.1, -0.05) is 29.8 Å². The Morgan fingerprint density at radius 3 is 2.32 bits per heavy atom. The van der Waals surface area contributed by atoms with Crippen LogP contribution >= 0.6 is 0 Å². The summed E-state index contributed by atoms with van der Waals surface area (Å²) in [5.74, 6) is -0.854. The second-order valence-electron chi connectivity index (χ2n) is 6.36. The van der Waals surface area contributed by atoms with Crippen LogP contribution in [0, 0.1) is 6.92 Å². The zero-order valence-electron chi connectivity index (χ0n) is 16.1.